The highest BCUT2D eigenvalue weighted by molar-refractivity contribution is 7.89. The molecule has 2 aromatic rings. The van der Waals surface area contributed by atoms with Gasteiger partial charge in [0.25, 0.3) is 0 Å². The van der Waals surface area contributed by atoms with Crippen molar-refractivity contribution in [2.45, 2.75) is 37.2 Å². The van der Waals surface area contributed by atoms with E-state index in [1.54, 1.807) is 47.8 Å². The molecular weight excluding hydrogens is 391 g/mol. The van der Waals surface area contributed by atoms with Crippen molar-refractivity contribution in [3.05, 3.63) is 65.5 Å². The highest BCUT2D eigenvalue weighted by atomic mass is 32.2. The smallest absolute Gasteiger partial charge is 0.243 e. The number of benzene rings is 2. The molecule has 0 atom stereocenters. The largest absolute Gasteiger partial charge is 0.352 e. The van der Waals surface area contributed by atoms with E-state index in [2.05, 4.69) is 15.6 Å². The highest BCUT2D eigenvalue weighted by Crippen LogP contribution is 2.23. The molecular formula is C21H27FN4O2S. The number of hydrogen-bond donors (Lipinski definition) is 2. The number of piperidine rings is 1. The van der Waals surface area contributed by atoms with Gasteiger partial charge in [0.2, 0.25) is 10.0 Å². The van der Waals surface area contributed by atoms with Crippen LogP contribution < -0.4 is 10.6 Å². The third-order valence-electron chi connectivity index (χ3n) is 4.98. The lowest BCUT2D eigenvalue weighted by atomic mass is 10.2. The Morgan fingerprint density at radius 3 is 2.21 bits per heavy atom. The van der Waals surface area contributed by atoms with Gasteiger partial charge in [0.05, 0.1) is 4.90 Å². The minimum Gasteiger partial charge on any atom is -0.352 e. The van der Waals surface area contributed by atoms with E-state index >= 15 is 0 Å². The van der Waals surface area contributed by atoms with E-state index < -0.39 is 10.0 Å². The second-order valence-corrected chi connectivity index (χ2v) is 8.85. The van der Waals surface area contributed by atoms with Crippen LogP contribution in [-0.2, 0) is 23.1 Å². The number of nitrogens with zero attached hydrogens (tertiary/aromatic N) is 2. The summed E-state index contributed by atoms with van der Waals surface area (Å²) < 4.78 is 41.5. The summed E-state index contributed by atoms with van der Waals surface area (Å²) >= 11 is 0. The SMILES string of the molecule is CN=C(NCc1ccccc1F)NCc1ccccc1S(=O)(=O)N1CCCCC1. The maximum absolute atomic E-state index is 13.8. The van der Waals surface area contributed by atoms with Crippen LogP contribution in [0.5, 0.6) is 0 Å². The van der Waals surface area contributed by atoms with Crippen molar-refractivity contribution in [3.63, 3.8) is 0 Å². The standard InChI is InChI=1S/C21H27FN4O2S/c1-23-21(24-15-17-9-3-5-11-19(17)22)25-16-18-10-4-6-12-20(18)29(27,28)26-13-7-2-8-14-26/h3-6,9-12H,2,7-8,13-16H2,1H3,(H2,23,24,25). The summed E-state index contributed by atoms with van der Waals surface area (Å²) in [6.07, 6.45) is 2.86. The van der Waals surface area contributed by atoms with E-state index in [1.165, 1.54) is 6.07 Å². The Morgan fingerprint density at radius 2 is 1.55 bits per heavy atom. The fourth-order valence-electron chi connectivity index (χ4n) is 3.37. The van der Waals surface area contributed by atoms with Crippen LogP contribution in [-0.4, -0.2) is 38.8 Å². The predicted octanol–water partition coefficient (Wildman–Crippen LogP) is 2.87. The number of aliphatic imine (C=N–C) groups is 1. The van der Waals surface area contributed by atoms with Crippen LogP contribution in [0.15, 0.2) is 58.4 Å². The third kappa shape index (κ3) is 5.33. The summed E-state index contributed by atoms with van der Waals surface area (Å²) in [6.45, 7) is 1.70. The Balaban J connectivity index is 1.68. The summed E-state index contributed by atoms with van der Waals surface area (Å²) in [6, 6.07) is 13.5. The number of halogens is 1. The van der Waals surface area contributed by atoms with E-state index in [0.29, 0.717) is 41.6 Å². The van der Waals surface area contributed by atoms with Gasteiger partial charge in [0.15, 0.2) is 5.96 Å². The quantitative estimate of drug-likeness (QED) is 0.559. The number of rotatable bonds is 6. The molecule has 1 aliphatic heterocycles. The summed E-state index contributed by atoms with van der Waals surface area (Å²) in [4.78, 5) is 4.46. The molecule has 0 unspecified atom stereocenters. The average Bonchev–Trinajstić information content (AvgIpc) is 2.76. The first-order valence-corrected chi connectivity index (χ1v) is 11.2. The molecule has 0 saturated carbocycles. The Labute approximate surface area is 171 Å². The molecule has 8 heteroatoms. The molecule has 1 saturated heterocycles. The van der Waals surface area contributed by atoms with Crippen molar-refractivity contribution >= 4 is 16.0 Å². The van der Waals surface area contributed by atoms with Gasteiger partial charge in [-0.2, -0.15) is 4.31 Å². The van der Waals surface area contributed by atoms with Gasteiger partial charge in [-0.25, -0.2) is 12.8 Å². The minimum absolute atomic E-state index is 0.278. The lowest BCUT2D eigenvalue weighted by Crippen LogP contribution is -2.38. The van der Waals surface area contributed by atoms with Crippen molar-refractivity contribution in [1.82, 2.24) is 14.9 Å². The monoisotopic (exact) mass is 418 g/mol. The predicted molar refractivity (Wildman–Crippen MR) is 112 cm³/mol. The van der Waals surface area contributed by atoms with Crippen LogP contribution in [0, 0.1) is 5.82 Å². The van der Waals surface area contributed by atoms with Gasteiger partial charge < -0.3 is 10.6 Å². The third-order valence-corrected chi connectivity index (χ3v) is 6.98. The van der Waals surface area contributed by atoms with Gasteiger partial charge in [-0.05, 0) is 30.5 Å². The Morgan fingerprint density at radius 1 is 0.966 bits per heavy atom. The zero-order chi connectivity index (χ0) is 20.7. The minimum atomic E-state index is -3.52. The van der Waals surface area contributed by atoms with Crippen molar-refractivity contribution in [3.8, 4) is 0 Å². The molecule has 1 fully saturated rings. The van der Waals surface area contributed by atoms with Crippen LogP contribution in [0.4, 0.5) is 4.39 Å². The van der Waals surface area contributed by atoms with Crippen LogP contribution in [0.25, 0.3) is 0 Å². The van der Waals surface area contributed by atoms with E-state index in [4.69, 9.17) is 0 Å². The summed E-state index contributed by atoms with van der Waals surface area (Å²) in [7, 11) is -1.91. The lowest BCUT2D eigenvalue weighted by molar-refractivity contribution is 0.346. The van der Waals surface area contributed by atoms with Crippen molar-refractivity contribution in [2.75, 3.05) is 20.1 Å². The number of sulfonamides is 1. The molecule has 6 nitrogen and oxygen atoms in total. The first-order chi connectivity index (χ1) is 14.0. The van der Waals surface area contributed by atoms with Crippen molar-refractivity contribution in [2.24, 2.45) is 4.99 Å². The van der Waals surface area contributed by atoms with Gasteiger partial charge >= 0.3 is 0 Å². The maximum Gasteiger partial charge on any atom is 0.243 e. The van der Waals surface area contributed by atoms with Gasteiger partial charge in [-0.1, -0.05) is 42.8 Å². The molecule has 0 radical (unpaired) electrons. The number of guanidine groups is 1. The van der Waals surface area contributed by atoms with E-state index in [1.807, 2.05) is 6.07 Å². The van der Waals surface area contributed by atoms with Gasteiger partial charge in [0, 0.05) is 38.8 Å². The summed E-state index contributed by atoms with van der Waals surface area (Å²) in [5, 5.41) is 6.18. The number of hydrogen-bond acceptors (Lipinski definition) is 3. The van der Waals surface area contributed by atoms with Crippen molar-refractivity contribution < 1.29 is 12.8 Å². The van der Waals surface area contributed by atoms with Gasteiger partial charge in [-0.3, -0.25) is 4.99 Å². The summed E-state index contributed by atoms with van der Waals surface area (Å²) in [5.41, 5.74) is 1.20. The highest BCUT2D eigenvalue weighted by Gasteiger charge is 2.27. The first-order valence-electron chi connectivity index (χ1n) is 9.78. The molecule has 1 heterocycles. The number of nitrogens with one attached hydrogen (secondary N) is 2. The topological polar surface area (TPSA) is 73.8 Å². The molecule has 1 aliphatic rings. The zero-order valence-electron chi connectivity index (χ0n) is 16.6. The molecule has 156 valence electrons. The average molecular weight is 419 g/mol. The molecule has 0 aromatic heterocycles. The molecule has 0 bridgehead atoms. The molecule has 3 rings (SSSR count). The van der Waals surface area contributed by atoms with E-state index in [-0.39, 0.29) is 12.4 Å². The molecule has 0 amide bonds. The molecule has 2 N–H and O–H groups in total. The van der Waals surface area contributed by atoms with E-state index in [0.717, 1.165) is 19.3 Å². The summed E-state index contributed by atoms with van der Waals surface area (Å²) in [5.74, 6) is 0.187. The normalized spacial score (nSPS) is 15.9. The zero-order valence-corrected chi connectivity index (χ0v) is 17.4. The van der Waals surface area contributed by atoms with Crippen LogP contribution >= 0.6 is 0 Å². The van der Waals surface area contributed by atoms with Crippen LogP contribution in [0.3, 0.4) is 0 Å². The van der Waals surface area contributed by atoms with E-state index in [9.17, 15) is 12.8 Å². The second kappa shape index (κ2) is 9.84. The molecule has 0 aliphatic carbocycles. The van der Waals surface area contributed by atoms with Gasteiger partial charge in [0.1, 0.15) is 5.82 Å². The Hall–Kier alpha value is -2.45. The van der Waals surface area contributed by atoms with Crippen molar-refractivity contribution in [1.29, 1.82) is 0 Å². The van der Waals surface area contributed by atoms with Gasteiger partial charge in [-0.15, -0.1) is 0 Å². The Kier molecular flexibility index (Phi) is 7.22. The lowest BCUT2D eigenvalue weighted by Gasteiger charge is -2.27. The molecule has 0 spiro atoms. The molecule has 2 aromatic carbocycles. The van der Waals surface area contributed by atoms with Crippen LogP contribution in [0.1, 0.15) is 30.4 Å². The van der Waals surface area contributed by atoms with Crippen LogP contribution in [0.2, 0.25) is 0 Å². The Bertz CT molecular complexity index is 957. The maximum atomic E-state index is 13.8. The first kappa shape index (κ1) is 21.3. The second-order valence-electron chi connectivity index (χ2n) is 6.94. The fourth-order valence-corrected chi connectivity index (χ4v) is 5.11. The molecule has 29 heavy (non-hydrogen) atoms. The fraction of sp³-hybridized carbons (Fsp3) is 0.381.